The summed E-state index contributed by atoms with van der Waals surface area (Å²) in [5, 5.41) is 7.46. The summed E-state index contributed by atoms with van der Waals surface area (Å²) in [6, 6.07) is 6.44. The van der Waals surface area contributed by atoms with Gasteiger partial charge in [-0.15, -0.1) is 12.4 Å². The first-order valence-corrected chi connectivity index (χ1v) is 8.07. The van der Waals surface area contributed by atoms with E-state index >= 15 is 0 Å². The zero-order valence-electron chi connectivity index (χ0n) is 12.6. The Labute approximate surface area is 144 Å². The number of carbonyl (C=O) groups excluding carboxylic acids is 1. The third-order valence-corrected chi connectivity index (χ3v) is 4.56. The minimum absolute atomic E-state index is 0. The van der Waals surface area contributed by atoms with Gasteiger partial charge in [0.2, 0.25) is 0 Å². The first kappa shape index (κ1) is 17.3. The number of hydrogen-bond donors (Lipinski definition) is 2. The molecule has 2 unspecified atom stereocenters. The Balaban J connectivity index is 0.00000176. The van der Waals surface area contributed by atoms with Gasteiger partial charge >= 0.3 is 0 Å². The number of nitrogens with one attached hydrogen (secondary N) is 2. The molecule has 2 aromatic rings. The van der Waals surface area contributed by atoms with E-state index < -0.39 is 0 Å². The third-order valence-electron chi connectivity index (χ3n) is 4.06. The third kappa shape index (κ3) is 3.47. The SMILES string of the molecule is Cc1c(C(=O)NC2CCNC(C)C2)oc2ccc(Br)cc12.Cl. The molecule has 1 saturated heterocycles. The Bertz CT molecular complexity index is 686. The summed E-state index contributed by atoms with van der Waals surface area (Å²) < 4.78 is 6.72. The molecule has 4 nitrogen and oxygen atoms in total. The molecule has 2 heterocycles. The number of aryl methyl sites for hydroxylation is 1. The van der Waals surface area contributed by atoms with Crippen LogP contribution in [0.4, 0.5) is 0 Å². The van der Waals surface area contributed by atoms with Gasteiger partial charge in [0.15, 0.2) is 5.76 Å². The largest absolute Gasteiger partial charge is 0.451 e. The number of hydrogen-bond acceptors (Lipinski definition) is 3. The van der Waals surface area contributed by atoms with E-state index in [9.17, 15) is 4.79 Å². The van der Waals surface area contributed by atoms with Crippen LogP contribution in [-0.2, 0) is 0 Å². The van der Waals surface area contributed by atoms with Crippen LogP contribution in [0, 0.1) is 6.92 Å². The van der Waals surface area contributed by atoms with Crippen molar-refractivity contribution in [1.82, 2.24) is 10.6 Å². The molecule has 1 fully saturated rings. The van der Waals surface area contributed by atoms with Gasteiger partial charge in [0.25, 0.3) is 5.91 Å². The summed E-state index contributed by atoms with van der Waals surface area (Å²) in [6.45, 7) is 5.01. The molecule has 1 amide bonds. The fraction of sp³-hybridized carbons (Fsp3) is 0.438. The predicted molar refractivity (Wildman–Crippen MR) is 93.9 cm³/mol. The highest BCUT2D eigenvalue weighted by Crippen LogP contribution is 2.28. The first-order valence-electron chi connectivity index (χ1n) is 7.27. The molecule has 1 aliphatic heterocycles. The molecule has 6 heteroatoms. The summed E-state index contributed by atoms with van der Waals surface area (Å²) in [6.07, 6.45) is 1.91. The molecular weight excluding hydrogens is 368 g/mol. The van der Waals surface area contributed by atoms with Gasteiger partial charge in [-0.25, -0.2) is 0 Å². The van der Waals surface area contributed by atoms with Gasteiger partial charge < -0.3 is 15.1 Å². The monoisotopic (exact) mass is 386 g/mol. The lowest BCUT2D eigenvalue weighted by Crippen LogP contribution is -2.46. The van der Waals surface area contributed by atoms with Crippen LogP contribution < -0.4 is 10.6 Å². The number of carbonyl (C=O) groups is 1. The number of amides is 1. The number of piperidine rings is 1. The number of benzene rings is 1. The second-order valence-electron chi connectivity index (χ2n) is 5.75. The van der Waals surface area contributed by atoms with Crippen LogP contribution in [0.25, 0.3) is 11.0 Å². The van der Waals surface area contributed by atoms with Crippen molar-refractivity contribution in [3.8, 4) is 0 Å². The van der Waals surface area contributed by atoms with Crippen LogP contribution in [-0.4, -0.2) is 24.5 Å². The van der Waals surface area contributed by atoms with Crippen molar-refractivity contribution in [3.05, 3.63) is 34.0 Å². The van der Waals surface area contributed by atoms with Gasteiger partial charge in [0.05, 0.1) is 0 Å². The smallest absolute Gasteiger partial charge is 0.287 e. The topological polar surface area (TPSA) is 54.3 Å². The van der Waals surface area contributed by atoms with Crippen LogP contribution >= 0.6 is 28.3 Å². The Hall–Kier alpha value is -1.04. The van der Waals surface area contributed by atoms with E-state index in [0.29, 0.717) is 11.8 Å². The molecule has 22 heavy (non-hydrogen) atoms. The highest BCUT2D eigenvalue weighted by Gasteiger charge is 2.23. The normalized spacial score (nSPS) is 21.4. The molecule has 1 aliphatic rings. The van der Waals surface area contributed by atoms with E-state index in [0.717, 1.165) is 40.4 Å². The van der Waals surface area contributed by atoms with E-state index in [4.69, 9.17) is 4.42 Å². The van der Waals surface area contributed by atoms with Crippen LogP contribution in [0.2, 0.25) is 0 Å². The van der Waals surface area contributed by atoms with Gasteiger partial charge in [0.1, 0.15) is 5.58 Å². The van der Waals surface area contributed by atoms with Gasteiger partial charge in [-0.3, -0.25) is 4.79 Å². The average Bonchev–Trinajstić information content (AvgIpc) is 2.76. The van der Waals surface area contributed by atoms with Gasteiger partial charge in [0, 0.05) is 27.5 Å². The van der Waals surface area contributed by atoms with E-state index in [1.807, 2.05) is 25.1 Å². The minimum atomic E-state index is -0.112. The fourth-order valence-electron chi connectivity index (χ4n) is 2.92. The lowest BCUT2D eigenvalue weighted by atomic mass is 10.0. The van der Waals surface area contributed by atoms with E-state index in [2.05, 4.69) is 33.5 Å². The highest BCUT2D eigenvalue weighted by molar-refractivity contribution is 9.10. The van der Waals surface area contributed by atoms with Crippen molar-refractivity contribution in [2.24, 2.45) is 0 Å². The first-order chi connectivity index (χ1) is 10.0. The molecule has 1 aromatic heterocycles. The molecule has 120 valence electrons. The Morgan fingerprint density at radius 2 is 2.23 bits per heavy atom. The Kier molecular flexibility index (Phi) is 5.53. The molecule has 2 atom stereocenters. The number of halogens is 2. The molecule has 0 saturated carbocycles. The molecule has 3 rings (SSSR count). The summed E-state index contributed by atoms with van der Waals surface area (Å²) >= 11 is 3.45. The maximum absolute atomic E-state index is 12.5. The zero-order chi connectivity index (χ0) is 15.0. The van der Waals surface area contributed by atoms with Crippen LogP contribution in [0.5, 0.6) is 0 Å². The molecule has 0 spiro atoms. The lowest BCUT2D eigenvalue weighted by Gasteiger charge is -2.28. The lowest BCUT2D eigenvalue weighted by molar-refractivity contribution is 0.0899. The molecule has 0 bridgehead atoms. The van der Waals surface area contributed by atoms with Crippen molar-refractivity contribution < 1.29 is 9.21 Å². The minimum Gasteiger partial charge on any atom is -0.451 e. The molecule has 2 N–H and O–H groups in total. The number of fused-ring (bicyclic) bond motifs is 1. The Morgan fingerprint density at radius 1 is 1.45 bits per heavy atom. The second kappa shape index (κ2) is 7.02. The summed E-state index contributed by atoms with van der Waals surface area (Å²) in [5.74, 6) is 0.313. The highest BCUT2D eigenvalue weighted by atomic mass is 79.9. The maximum Gasteiger partial charge on any atom is 0.287 e. The maximum atomic E-state index is 12.5. The fourth-order valence-corrected chi connectivity index (χ4v) is 3.28. The van der Waals surface area contributed by atoms with Crippen molar-refractivity contribution in [1.29, 1.82) is 0 Å². The van der Waals surface area contributed by atoms with Gasteiger partial charge in [-0.1, -0.05) is 15.9 Å². The summed E-state index contributed by atoms with van der Waals surface area (Å²) in [7, 11) is 0. The van der Waals surface area contributed by atoms with Crippen molar-refractivity contribution in [2.45, 2.75) is 38.8 Å². The molecule has 0 aliphatic carbocycles. The second-order valence-corrected chi connectivity index (χ2v) is 6.66. The predicted octanol–water partition coefficient (Wildman–Crippen LogP) is 3.80. The standard InChI is InChI=1S/C16H19BrN2O2.ClH/c1-9-7-12(5-6-18-9)19-16(20)15-10(2)13-8-11(17)3-4-14(13)21-15;/h3-4,8-9,12,18H,5-7H2,1-2H3,(H,19,20);1H. The number of furan rings is 1. The van der Waals surface area contributed by atoms with Crippen LogP contribution in [0.15, 0.2) is 27.1 Å². The summed E-state index contributed by atoms with van der Waals surface area (Å²) in [4.78, 5) is 12.5. The zero-order valence-corrected chi connectivity index (χ0v) is 15.0. The molecule has 1 aromatic carbocycles. The van der Waals surface area contributed by atoms with Gasteiger partial charge in [-0.05, 0) is 51.4 Å². The van der Waals surface area contributed by atoms with E-state index in [1.54, 1.807) is 0 Å². The van der Waals surface area contributed by atoms with Gasteiger partial charge in [-0.2, -0.15) is 0 Å². The van der Waals surface area contributed by atoms with Crippen molar-refractivity contribution in [3.63, 3.8) is 0 Å². The van der Waals surface area contributed by atoms with Crippen molar-refractivity contribution in [2.75, 3.05) is 6.54 Å². The van der Waals surface area contributed by atoms with E-state index in [-0.39, 0.29) is 24.4 Å². The molecule has 0 radical (unpaired) electrons. The average molecular weight is 388 g/mol. The summed E-state index contributed by atoms with van der Waals surface area (Å²) in [5.41, 5.74) is 1.64. The Morgan fingerprint density at radius 3 is 2.95 bits per heavy atom. The number of rotatable bonds is 2. The van der Waals surface area contributed by atoms with E-state index in [1.165, 1.54) is 0 Å². The molecular formula is C16H20BrClN2O2. The van der Waals surface area contributed by atoms with Crippen LogP contribution in [0.3, 0.4) is 0 Å². The van der Waals surface area contributed by atoms with Crippen LogP contribution in [0.1, 0.15) is 35.9 Å². The van der Waals surface area contributed by atoms with Crippen molar-refractivity contribution >= 4 is 45.2 Å². The quantitative estimate of drug-likeness (QED) is 0.824.